The second-order valence-electron chi connectivity index (χ2n) is 8.21. The van der Waals surface area contributed by atoms with Crippen LogP contribution < -0.4 is 20.3 Å². The molecule has 3 amide bonds. The molecular formula is C28H24ClN3O6. The fourth-order valence-corrected chi connectivity index (χ4v) is 4.00. The Morgan fingerprint density at radius 3 is 2.34 bits per heavy atom. The monoisotopic (exact) mass is 533 g/mol. The number of halogens is 1. The molecule has 0 unspecified atom stereocenters. The molecule has 0 aliphatic carbocycles. The van der Waals surface area contributed by atoms with Crippen molar-refractivity contribution in [1.29, 1.82) is 0 Å². The lowest BCUT2D eigenvalue weighted by molar-refractivity contribution is -0.120. The minimum absolute atomic E-state index is 0.110. The van der Waals surface area contributed by atoms with Gasteiger partial charge >= 0.3 is 5.97 Å². The van der Waals surface area contributed by atoms with Crippen molar-refractivity contribution in [1.82, 2.24) is 0 Å². The number of nitrogens with one attached hydrogen (secondary N) is 2. The van der Waals surface area contributed by atoms with Crippen LogP contribution in [0.25, 0.3) is 0 Å². The maximum Gasteiger partial charge on any atom is 0.340 e. The van der Waals surface area contributed by atoms with E-state index in [4.69, 9.17) is 21.1 Å². The number of imide groups is 1. The molecule has 0 bridgehead atoms. The molecule has 0 saturated carbocycles. The van der Waals surface area contributed by atoms with E-state index in [-0.39, 0.29) is 28.5 Å². The topological polar surface area (TPSA) is 114 Å². The van der Waals surface area contributed by atoms with Crippen LogP contribution in [0.15, 0.2) is 77.5 Å². The number of para-hydroxylation sites is 1. The predicted molar refractivity (Wildman–Crippen MR) is 144 cm³/mol. The highest BCUT2D eigenvalue weighted by Crippen LogP contribution is 2.32. The quantitative estimate of drug-likeness (QED) is 0.313. The van der Waals surface area contributed by atoms with Gasteiger partial charge in [0.15, 0.2) is 0 Å². The molecule has 1 aliphatic heterocycles. The summed E-state index contributed by atoms with van der Waals surface area (Å²) in [6, 6.07) is 17.7. The molecule has 2 N–H and O–H groups in total. The molecule has 194 valence electrons. The fraction of sp³-hybridized carbons (Fsp3) is 0.143. The van der Waals surface area contributed by atoms with Crippen molar-refractivity contribution >= 4 is 52.4 Å². The van der Waals surface area contributed by atoms with Crippen molar-refractivity contribution in [2.45, 2.75) is 13.8 Å². The molecule has 1 aliphatic rings. The number of rotatable bonds is 8. The van der Waals surface area contributed by atoms with Crippen LogP contribution in [0, 0.1) is 6.92 Å². The van der Waals surface area contributed by atoms with Crippen molar-refractivity contribution in [3.8, 4) is 5.75 Å². The summed E-state index contributed by atoms with van der Waals surface area (Å²) < 4.78 is 10.2. The van der Waals surface area contributed by atoms with Crippen LogP contribution in [0.2, 0.25) is 0 Å². The Kier molecular flexibility index (Phi) is 7.78. The van der Waals surface area contributed by atoms with Crippen LogP contribution in [0.1, 0.15) is 33.2 Å². The van der Waals surface area contributed by atoms with Gasteiger partial charge in [0.1, 0.15) is 16.5 Å². The lowest BCUT2D eigenvalue weighted by atomic mass is 10.1. The molecule has 0 aromatic heterocycles. The molecule has 10 heteroatoms. The zero-order chi connectivity index (χ0) is 27.4. The maximum absolute atomic E-state index is 13.2. The molecule has 9 nitrogen and oxygen atoms in total. The number of hydrogen-bond acceptors (Lipinski definition) is 7. The average molecular weight is 534 g/mol. The normalized spacial score (nSPS) is 13.0. The van der Waals surface area contributed by atoms with Crippen LogP contribution in [0.4, 0.5) is 17.1 Å². The lowest BCUT2D eigenvalue weighted by Crippen LogP contribution is -2.32. The number of methoxy groups -OCH3 is 1. The van der Waals surface area contributed by atoms with E-state index in [9.17, 15) is 19.2 Å². The standard InChI is InChI=1S/C28H24ClN3O6/c1-4-38-28(36)20-7-5-6-8-21(20)31-25(33)17-10-9-16(2)22(15-17)30-24-23(29)26(34)32(27(24)35)18-11-13-19(37-3)14-12-18/h5-15,30H,4H2,1-3H3,(H,31,33). The van der Waals surface area contributed by atoms with Gasteiger partial charge in [-0.3, -0.25) is 14.4 Å². The van der Waals surface area contributed by atoms with Crippen LogP contribution in [-0.2, 0) is 14.3 Å². The zero-order valence-electron chi connectivity index (χ0n) is 20.8. The van der Waals surface area contributed by atoms with Gasteiger partial charge in [-0.2, -0.15) is 0 Å². The maximum atomic E-state index is 13.2. The predicted octanol–water partition coefficient (Wildman–Crippen LogP) is 4.87. The molecule has 0 radical (unpaired) electrons. The van der Waals surface area contributed by atoms with E-state index < -0.39 is 23.7 Å². The summed E-state index contributed by atoms with van der Waals surface area (Å²) in [6.45, 7) is 3.67. The zero-order valence-corrected chi connectivity index (χ0v) is 21.6. The summed E-state index contributed by atoms with van der Waals surface area (Å²) in [5.74, 6) is -1.78. The van der Waals surface area contributed by atoms with E-state index in [2.05, 4.69) is 10.6 Å². The first-order chi connectivity index (χ1) is 18.2. The molecule has 3 aromatic carbocycles. The van der Waals surface area contributed by atoms with Crippen molar-refractivity contribution in [3.63, 3.8) is 0 Å². The Morgan fingerprint density at radius 2 is 1.66 bits per heavy atom. The van der Waals surface area contributed by atoms with E-state index in [1.165, 1.54) is 13.2 Å². The second kappa shape index (κ2) is 11.2. The SMILES string of the molecule is CCOC(=O)c1ccccc1NC(=O)c1ccc(C)c(NC2=C(Cl)C(=O)N(c3ccc(OC)cc3)C2=O)c1. The molecule has 1 heterocycles. The Labute approximate surface area is 224 Å². The number of hydrogen-bond donors (Lipinski definition) is 2. The van der Waals surface area contributed by atoms with Gasteiger partial charge < -0.3 is 20.1 Å². The van der Waals surface area contributed by atoms with Gasteiger partial charge in [0.2, 0.25) is 0 Å². The highest BCUT2D eigenvalue weighted by Gasteiger charge is 2.39. The van der Waals surface area contributed by atoms with Gasteiger partial charge in [0, 0.05) is 11.3 Å². The third-order valence-electron chi connectivity index (χ3n) is 5.79. The number of anilines is 3. The third-order valence-corrected chi connectivity index (χ3v) is 6.14. The molecule has 0 atom stereocenters. The second-order valence-corrected chi connectivity index (χ2v) is 8.59. The summed E-state index contributed by atoms with van der Waals surface area (Å²) in [7, 11) is 1.51. The third kappa shape index (κ3) is 5.23. The number of ether oxygens (including phenoxy) is 2. The smallest absolute Gasteiger partial charge is 0.340 e. The van der Waals surface area contributed by atoms with Crippen molar-refractivity contribution in [2.75, 3.05) is 29.3 Å². The number of amides is 3. The van der Waals surface area contributed by atoms with Gasteiger partial charge in [-0.15, -0.1) is 0 Å². The summed E-state index contributed by atoms with van der Waals surface area (Å²) in [4.78, 5) is 52.2. The Hall–Kier alpha value is -4.63. The van der Waals surface area contributed by atoms with Crippen LogP contribution in [0.3, 0.4) is 0 Å². The van der Waals surface area contributed by atoms with E-state index >= 15 is 0 Å². The van der Waals surface area contributed by atoms with Gasteiger partial charge in [-0.25, -0.2) is 9.69 Å². The highest BCUT2D eigenvalue weighted by molar-refractivity contribution is 6.53. The minimum Gasteiger partial charge on any atom is -0.497 e. The van der Waals surface area contributed by atoms with Crippen molar-refractivity contribution in [3.05, 3.63) is 94.1 Å². The molecule has 0 spiro atoms. The van der Waals surface area contributed by atoms with Crippen LogP contribution in [-0.4, -0.2) is 37.4 Å². The Bertz CT molecular complexity index is 1470. The summed E-state index contributed by atoms with van der Waals surface area (Å²) in [5, 5.41) is 5.37. The highest BCUT2D eigenvalue weighted by atomic mass is 35.5. The molecule has 0 fully saturated rings. The average Bonchev–Trinajstić information content (AvgIpc) is 3.13. The molecule has 3 aromatic rings. The Balaban J connectivity index is 1.57. The summed E-state index contributed by atoms with van der Waals surface area (Å²) in [6.07, 6.45) is 0. The summed E-state index contributed by atoms with van der Waals surface area (Å²) >= 11 is 6.27. The van der Waals surface area contributed by atoms with E-state index in [1.54, 1.807) is 74.5 Å². The van der Waals surface area contributed by atoms with Gasteiger partial charge in [-0.05, 0) is 67.9 Å². The Morgan fingerprint density at radius 1 is 0.947 bits per heavy atom. The van der Waals surface area contributed by atoms with Crippen LogP contribution in [0.5, 0.6) is 5.75 Å². The first-order valence-electron chi connectivity index (χ1n) is 11.6. The van der Waals surface area contributed by atoms with Gasteiger partial charge in [-0.1, -0.05) is 29.8 Å². The van der Waals surface area contributed by atoms with E-state index in [1.807, 2.05) is 0 Å². The first-order valence-corrected chi connectivity index (χ1v) is 12.0. The number of esters is 1. The molecular weight excluding hydrogens is 510 g/mol. The number of carbonyl (C=O) groups is 4. The number of benzene rings is 3. The van der Waals surface area contributed by atoms with E-state index in [0.717, 1.165) is 4.90 Å². The minimum atomic E-state index is -0.675. The molecule has 38 heavy (non-hydrogen) atoms. The molecule has 4 rings (SSSR count). The number of carbonyl (C=O) groups excluding carboxylic acids is 4. The number of aryl methyl sites for hydroxylation is 1. The van der Waals surface area contributed by atoms with Gasteiger partial charge in [0.05, 0.1) is 30.7 Å². The van der Waals surface area contributed by atoms with Crippen molar-refractivity contribution < 1.29 is 28.7 Å². The van der Waals surface area contributed by atoms with Crippen molar-refractivity contribution in [2.24, 2.45) is 0 Å². The summed E-state index contributed by atoms with van der Waals surface area (Å²) in [5.41, 5.74) is 2.09. The lowest BCUT2D eigenvalue weighted by Gasteiger charge is -2.16. The fourth-order valence-electron chi connectivity index (χ4n) is 3.78. The largest absolute Gasteiger partial charge is 0.497 e. The van der Waals surface area contributed by atoms with E-state index in [0.29, 0.717) is 28.4 Å². The molecule has 0 saturated heterocycles. The van der Waals surface area contributed by atoms with Crippen LogP contribution >= 0.6 is 11.6 Å². The van der Waals surface area contributed by atoms with Gasteiger partial charge in [0.25, 0.3) is 17.7 Å². The number of nitrogens with zero attached hydrogens (tertiary/aromatic N) is 1. The first kappa shape index (κ1) is 26.4.